The predicted octanol–water partition coefficient (Wildman–Crippen LogP) is 4.53. The Morgan fingerprint density at radius 2 is 1.52 bits per heavy atom. The zero-order chi connectivity index (χ0) is 17.0. The van der Waals surface area contributed by atoms with E-state index in [1.807, 2.05) is 0 Å². The lowest BCUT2D eigenvalue weighted by Crippen LogP contribution is -2.30. The summed E-state index contributed by atoms with van der Waals surface area (Å²) in [6.45, 7) is 2.20. The number of rotatable bonds is 1. The molecule has 1 aromatic heterocycles. The van der Waals surface area contributed by atoms with E-state index in [1.165, 1.54) is 44.8 Å². The minimum Gasteiger partial charge on any atom is -0.225 e. The molecule has 0 unspecified atom stereocenters. The number of fused-ring (bicyclic) bond motifs is 2. The monoisotopic (exact) mass is 325 g/mol. The van der Waals surface area contributed by atoms with Gasteiger partial charge in [0.2, 0.25) is 0 Å². The number of hydrogen-bond acceptors (Lipinski definition) is 0. The summed E-state index contributed by atoms with van der Waals surface area (Å²) >= 11 is 0. The van der Waals surface area contributed by atoms with Crippen molar-refractivity contribution in [2.75, 3.05) is 0 Å². The van der Waals surface area contributed by atoms with Gasteiger partial charge in [0.05, 0.1) is 12.6 Å². The zero-order valence-electron chi connectivity index (χ0n) is 14.7. The lowest BCUT2D eigenvalue weighted by molar-refractivity contribution is -0.633. The lowest BCUT2D eigenvalue weighted by Gasteiger charge is -2.08. The summed E-state index contributed by atoms with van der Waals surface area (Å²) in [5, 5.41) is 0. The van der Waals surface area contributed by atoms with Gasteiger partial charge < -0.3 is 0 Å². The van der Waals surface area contributed by atoms with E-state index in [1.54, 1.807) is 0 Å². The fraction of sp³-hybridized carbons (Fsp3) is 0.174. The molecular weight excluding hydrogens is 304 g/mol. The molecule has 0 spiro atoms. The summed E-state index contributed by atoms with van der Waals surface area (Å²) in [6.07, 6.45) is 2.18. The first kappa shape index (κ1) is 14.5. The van der Waals surface area contributed by atoms with E-state index < -0.39 is 0 Å². The summed E-state index contributed by atoms with van der Waals surface area (Å²) in [5.74, 6) is 1.26. The number of imidazole rings is 1. The molecule has 1 aliphatic rings. The lowest BCUT2D eigenvalue weighted by atomic mass is 10.0. The first-order valence-electron chi connectivity index (χ1n) is 8.92. The van der Waals surface area contributed by atoms with Gasteiger partial charge in [-0.15, -0.1) is 0 Å². The molecule has 4 aromatic rings. The highest BCUT2D eigenvalue weighted by molar-refractivity contribution is 5.83. The van der Waals surface area contributed by atoms with Gasteiger partial charge in [-0.3, -0.25) is 0 Å². The van der Waals surface area contributed by atoms with Crippen molar-refractivity contribution in [1.29, 1.82) is 0 Å². The highest BCUT2D eigenvalue weighted by atomic mass is 15.2. The first-order chi connectivity index (χ1) is 12.3. The Kier molecular flexibility index (Phi) is 3.08. The van der Waals surface area contributed by atoms with E-state index in [0.717, 1.165) is 12.8 Å². The van der Waals surface area contributed by atoms with Crippen LogP contribution in [0.5, 0.6) is 0 Å². The summed E-state index contributed by atoms with van der Waals surface area (Å²) in [6, 6.07) is 24.2. The maximum absolute atomic E-state index is 2.48. The topological polar surface area (TPSA) is 8.81 Å². The molecule has 0 atom stereocenters. The van der Waals surface area contributed by atoms with Crippen LogP contribution in [0.2, 0.25) is 0 Å². The third kappa shape index (κ3) is 2.00. The average molecular weight is 325 g/mol. The van der Waals surface area contributed by atoms with Crippen LogP contribution in [0.4, 0.5) is 0 Å². The molecule has 0 fully saturated rings. The maximum Gasteiger partial charge on any atom is 0.295 e. The molecular formula is C23H21N2+. The van der Waals surface area contributed by atoms with Crippen molar-refractivity contribution >= 4 is 11.0 Å². The number of aromatic nitrogens is 2. The van der Waals surface area contributed by atoms with Crippen molar-refractivity contribution in [3.8, 4) is 17.1 Å². The van der Waals surface area contributed by atoms with Gasteiger partial charge in [-0.1, -0.05) is 48.5 Å². The van der Waals surface area contributed by atoms with Crippen LogP contribution in [0.15, 0.2) is 66.7 Å². The molecule has 5 rings (SSSR count). The Balaban J connectivity index is 2.00. The van der Waals surface area contributed by atoms with Crippen LogP contribution in [0.25, 0.3) is 28.1 Å². The van der Waals surface area contributed by atoms with Crippen LogP contribution in [-0.4, -0.2) is 4.57 Å². The van der Waals surface area contributed by atoms with E-state index in [4.69, 9.17) is 0 Å². The van der Waals surface area contributed by atoms with E-state index >= 15 is 0 Å². The van der Waals surface area contributed by atoms with E-state index in [2.05, 4.69) is 89.8 Å². The number of aryl methyl sites for hydroxylation is 4. The number of hydrogen-bond donors (Lipinski definition) is 0. The molecule has 1 aliphatic heterocycles. The van der Waals surface area contributed by atoms with E-state index in [0.29, 0.717) is 0 Å². The van der Waals surface area contributed by atoms with E-state index in [9.17, 15) is 0 Å². The molecule has 122 valence electrons. The van der Waals surface area contributed by atoms with Gasteiger partial charge in [-0.2, -0.15) is 4.57 Å². The van der Waals surface area contributed by atoms with Crippen molar-refractivity contribution in [3.05, 3.63) is 83.4 Å². The standard InChI is InChI=1S/C23H21N2/c1-16-8-3-5-11-19(16)23-24(2)21-13-7-10-18-15-14-17-9-4-6-12-20(17)25(23)22(18)21/h3-13H,14-15H2,1-2H3/q+1. The molecule has 3 aromatic carbocycles. The van der Waals surface area contributed by atoms with Crippen molar-refractivity contribution in [3.63, 3.8) is 0 Å². The zero-order valence-corrected chi connectivity index (χ0v) is 14.7. The van der Waals surface area contributed by atoms with Crippen LogP contribution in [-0.2, 0) is 19.9 Å². The molecule has 0 aliphatic carbocycles. The van der Waals surface area contributed by atoms with Gasteiger partial charge in [0.25, 0.3) is 5.82 Å². The largest absolute Gasteiger partial charge is 0.295 e. The van der Waals surface area contributed by atoms with Crippen LogP contribution in [0.3, 0.4) is 0 Å². The molecule has 0 radical (unpaired) electrons. The Hall–Kier alpha value is -2.87. The minimum atomic E-state index is 1.09. The van der Waals surface area contributed by atoms with Crippen LogP contribution < -0.4 is 4.57 Å². The first-order valence-corrected chi connectivity index (χ1v) is 8.92. The maximum atomic E-state index is 2.48. The third-order valence-corrected chi connectivity index (χ3v) is 5.49. The van der Waals surface area contributed by atoms with Gasteiger partial charge in [-0.05, 0) is 49.1 Å². The Morgan fingerprint density at radius 1 is 0.800 bits per heavy atom. The summed E-state index contributed by atoms with van der Waals surface area (Å²) in [7, 11) is 2.19. The molecule has 0 N–H and O–H groups in total. The van der Waals surface area contributed by atoms with E-state index in [-0.39, 0.29) is 0 Å². The fourth-order valence-electron chi connectivity index (χ4n) is 4.25. The fourth-order valence-corrected chi connectivity index (χ4v) is 4.25. The summed E-state index contributed by atoms with van der Waals surface area (Å²) < 4.78 is 4.83. The smallest absolute Gasteiger partial charge is 0.225 e. The highest BCUT2D eigenvalue weighted by Crippen LogP contribution is 2.34. The number of benzene rings is 3. The Bertz CT molecular complexity index is 1120. The summed E-state index contributed by atoms with van der Waals surface area (Å²) in [4.78, 5) is 0. The molecule has 0 amide bonds. The number of nitrogens with zero attached hydrogens (tertiary/aromatic N) is 2. The predicted molar refractivity (Wildman–Crippen MR) is 102 cm³/mol. The second kappa shape index (κ2) is 5.32. The third-order valence-electron chi connectivity index (χ3n) is 5.49. The molecule has 0 saturated heterocycles. The van der Waals surface area contributed by atoms with Gasteiger partial charge in [0.15, 0.2) is 11.0 Å². The molecule has 2 heterocycles. The molecule has 2 nitrogen and oxygen atoms in total. The molecule has 0 saturated carbocycles. The second-order valence-electron chi connectivity index (χ2n) is 6.95. The number of para-hydroxylation sites is 2. The van der Waals surface area contributed by atoms with Gasteiger partial charge in [-0.25, -0.2) is 4.57 Å². The quantitative estimate of drug-likeness (QED) is 0.455. The normalized spacial score (nSPS) is 12.9. The van der Waals surface area contributed by atoms with Gasteiger partial charge in [0, 0.05) is 5.56 Å². The van der Waals surface area contributed by atoms with Crippen molar-refractivity contribution in [2.24, 2.45) is 7.05 Å². The van der Waals surface area contributed by atoms with Crippen LogP contribution >= 0.6 is 0 Å². The Labute approximate surface area is 148 Å². The Morgan fingerprint density at radius 3 is 2.40 bits per heavy atom. The van der Waals surface area contributed by atoms with Crippen LogP contribution in [0, 0.1) is 6.92 Å². The average Bonchev–Trinajstić information content (AvgIpc) is 2.83. The second-order valence-corrected chi connectivity index (χ2v) is 6.95. The van der Waals surface area contributed by atoms with Crippen molar-refractivity contribution < 1.29 is 4.57 Å². The molecule has 0 bridgehead atoms. The molecule has 2 heteroatoms. The minimum absolute atomic E-state index is 1.09. The van der Waals surface area contributed by atoms with Gasteiger partial charge >= 0.3 is 0 Å². The van der Waals surface area contributed by atoms with Crippen molar-refractivity contribution in [1.82, 2.24) is 4.57 Å². The summed E-state index contributed by atoms with van der Waals surface area (Å²) in [5.41, 5.74) is 9.43. The SMILES string of the molecule is Cc1ccccc1-c1n2c3c(cccc3[n+]1C)CCc1ccccc1-2. The highest BCUT2D eigenvalue weighted by Gasteiger charge is 2.31. The van der Waals surface area contributed by atoms with Gasteiger partial charge in [0.1, 0.15) is 5.69 Å². The van der Waals surface area contributed by atoms with Crippen molar-refractivity contribution in [2.45, 2.75) is 19.8 Å². The van der Waals surface area contributed by atoms with Crippen LogP contribution in [0.1, 0.15) is 16.7 Å². The molecule has 25 heavy (non-hydrogen) atoms.